The standard InChI is InChI=1S/C87H113NO2/c1-10-17-23-29-51-85(52-30-24-18-11-2)79-59-65(8)35-45-73(79)75-47-37-67(61-81(75)85)68-38-48-76-78-50-42-71(64-84(78)87(82(76)62-68,55-33-27-21-14-5)56-34-28-22-15-6)88(69-39-43-72(44-40-69)90-58-57-89-16-7)70-41-49-77-74-46-36-66(9)60-80(74)86(83(77)63-70,53-31-25-19-12-3)54-32-26-20-13-4/h16,35-50,59-64H,7,10-15,17-34,51-58H2,1-6,8-9H3. The van der Waals surface area contributed by atoms with Crippen molar-refractivity contribution in [1.82, 2.24) is 0 Å². The highest BCUT2D eigenvalue weighted by Crippen LogP contribution is 2.60. The molecule has 90 heavy (non-hydrogen) atoms. The SMILES string of the molecule is C=COCCOc1ccc(N(c2ccc3c(c2)C(CCCCCC)(CCCCCC)c2cc(C)ccc2-3)c2ccc3c(c2)C(CCCCCC)(CCCCCC)c2cc(-c4ccc5c(c4)C(CCCCCC)(CCCCCC)c4cc(C)ccc4-5)ccc2-3)cc1. The molecule has 0 bridgehead atoms. The third kappa shape index (κ3) is 14.2. The zero-order valence-corrected chi connectivity index (χ0v) is 57.4. The zero-order valence-electron chi connectivity index (χ0n) is 57.4. The Kier molecular flexibility index (Phi) is 23.5. The maximum atomic E-state index is 6.28. The molecule has 0 N–H and O–H groups in total. The minimum atomic E-state index is -0.134. The van der Waals surface area contributed by atoms with Gasteiger partial charge in [-0.25, -0.2) is 0 Å². The van der Waals surface area contributed by atoms with Gasteiger partial charge in [0.15, 0.2) is 0 Å². The minimum absolute atomic E-state index is 0.0338. The molecular formula is C87H113NO2. The van der Waals surface area contributed by atoms with Gasteiger partial charge in [-0.2, -0.15) is 0 Å². The largest absolute Gasteiger partial charge is 0.498 e. The molecule has 0 aromatic heterocycles. The predicted octanol–water partition coefficient (Wildman–Crippen LogP) is 26.6. The molecule has 0 saturated heterocycles. The molecule has 10 rings (SSSR count). The Hall–Kier alpha value is -6.32. The number of hydrogen-bond donors (Lipinski definition) is 0. The van der Waals surface area contributed by atoms with Crippen molar-refractivity contribution in [2.45, 2.75) is 264 Å². The second-order valence-electron chi connectivity index (χ2n) is 27.9. The first kappa shape index (κ1) is 66.6. The molecule has 0 spiro atoms. The number of nitrogens with zero attached hydrogens (tertiary/aromatic N) is 1. The summed E-state index contributed by atoms with van der Waals surface area (Å²) in [5.41, 5.74) is 27.0. The van der Waals surface area contributed by atoms with E-state index in [9.17, 15) is 0 Å². The summed E-state index contributed by atoms with van der Waals surface area (Å²) >= 11 is 0. The molecule has 0 heterocycles. The average molecular weight is 1200 g/mol. The van der Waals surface area contributed by atoms with Crippen LogP contribution in [0.5, 0.6) is 5.75 Å². The van der Waals surface area contributed by atoms with E-state index < -0.39 is 0 Å². The van der Waals surface area contributed by atoms with Crippen molar-refractivity contribution in [1.29, 1.82) is 0 Å². The normalized spacial score (nSPS) is 14.2. The van der Waals surface area contributed by atoms with Crippen molar-refractivity contribution in [3.63, 3.8) is 0 Å². The van der Waals surface area contributed by atoms with Gasteiger partial charge in [0, 0.05) is 33.3 Å². The monoisotopic (exact) mass is 1200 g/mol. The van der Waals surface area contributed by atoms with Crippen LogP contribution >= 0.6 is 0 Å². The third-order valence-corrected chi connectivity index (χ3v) is 21.6. The third-order valence-electron chi connectivity index (χ3n) is 21.6. The van der Waals surface area contributed by atoms with E-state index in [4.69, 9.17) is 9.47 Å². The Morgan fingerprint density at radius 1 is 0.322 bits per heavy atom. The molecule has 0 saturated carbocycles. The summed E-state index contributed by atoms with van der Waals surface area (Å²) in [4.78, 5) is 2.60. The van der Waals surface area contributed by atoms with Gasteiger partial charge in [0.2, 0.25) is 0 Å². The number of ether oxygens (including phenoxy) is 2. The first-order valence-electron chi connectivity index (χ1n) is 36.7. The zero-order chi connectivity index (χ0) is 62.9. The van der Waals surface area contributed by atoms with E-state index >= 15 is 0 Å². The molecule has 3 nitrogen and oxygen atoms in total. The van der Waals surface area contributed by atoms with Gasteiger partial charge >= 0.3 is 0 Å². The number of aryl methyl sites for hydroxylation is 2. The van der Waals surface area contributed by atoms with Crippen molar-refractivity contribution in [3.8, 4) is 50.3 Å². The lowest BCUT2D eigenvalue weighted by Crippen LogP contribution is -2.26. The van der Waals surface area contributed by atoms with Crippen LogP contribution in [0.4, 0.5) is 17.1 Å². The van der Waals surface area contributed by atoms with E-state index in [0.717, 1.165) is 24.3 Å². The van der Waals surface area contributed by atoms with E-state index in [2.05, 4.69) is 200 Å². The topological polar surface area (TPSA) is 21.7 Å². The molecule has 0 aliphatic heterocycles. The maximum absolute atomic E-state index is 6.28. The Morgan fingerprint density at radius 2 is 0.622 bits per heavy atom. The van der Waals surface area contributed by atoms with E-state index in [-0.39, 0.29) is 16.2 Å². The fraction of sp³-hybridized carbons (Fsp3) is 0.494. The van der Waals surface area contributed by atoms with E-state index in [1.54, 1.807) is 22.3 Å². The maximum Gasteiger partial charge on any atom is 0.122 e. The van der Waals surface area contributed by atoms with Crippen LogP contribution in [0.25, 0.3) is 44.5 Å². The van der Waals surface area contributed by atoms with E-state index in [1.807, 2.05) is 0 Å². The smallest absolute Gasteiger partial charge is 0.122 e. The Balaban J connectivity index is 1.13. The highest BCUT2D eigenvalue weighted by Gasteiger charge is 2.46. The van der Waals surface area contributed by atoms with Crippen LogP contribution in [0.1, 0.15) is 279 Å². The van der Waals surface area contributed by atoms with Crippen molar-refractivity contribution in [2.24, 2.45) is 0 Å². The summed E-state index contributed by atoms with van der Waals surface area (Å²) in [7, 11) is 0. The Labute approximate surface area is 546 Å². The molecule has 478 valence electrons. The molecule has 3 aliphatic carbocycles. The number of anilines is 3. The van der Waals surface area contributed by atoms with Gasteiger partial charge in [-0.3, -0.25) is 0 Å². The van der Waals surface area contributed by atoms with Gasteiger partial charge in [-0.15, -0.1) is 0 Å². The van der Waals surface area contributed by atoms with Crippen LogP contribution in [0.3, 0.4) is 0 Å². The molecule has 0 atom stereocenters. The summed E-state index contributed by atoms with van der Waals surface area (Å²) in [5, 5.41) is 0. The highest BCUT2D eigenvalue weighted by atomic mass is 16.5. The minimum Gasteiger partial charge on any atom is -0.498 e. The molecule has 3 heteroatoms. The van der Waals surface area contributed by atoms with Crippen LogP contribution in [0.15, 0.2) is 146 Å². The van der Waals surface area contributed by atoms with Gasteiger partial charge in [0.1, 0.15) is 19.0 Å². The number of rotatable bonds is 39. The lowest BCUT2D eigenvalue weighted by Gasteiger charge is -2.35. The van der Waals surface area contributed by atoms with Crippen molar-refractivity contribution < 1.29 is 9.47 Å². The molecule has 0 unspecified atom stereocenters. The molecule has 7 aromatic rings. The van der Waals surface area contributed by atoms with Gasteiger partial charge < -0.3 is 14.4 Å². The summed E-state index contributed by atoms with van der Waals surface area (Å²) < 4.78 is 11.8. The fourth-order valence-electron chi connectivity index (χ4n) is 16.9. The Morgan fingerprint density at radius 3 is 0.956 bits per heavy atom. The van der Waals surface area contributed by atoms with Crippen molar-refractivity contribution in [3.05, 3.63) is 191 Å². The van der Waals surface area contributed by atoms with E-state index in [0.29, 0.717) is 13.2 Å². The van der Waals surface area contributed by atoms with Gasteiger partial charge in [0.05, 0.1) is 6.26 Å². The van der Waals surface area contributed by atoms with Crippen LogP contribution in [0, 0.1) is 13.8 Å². The first-order chi connectivity index (χ1) is 44.1. The molecule has 0 fully saturated rings. The summed E-state index contributed by atoms with van der Waals surface area (Å²) in [6.45, 7) is 23.4. The lowest BCUT2D eigenvalue weighted by molar-refractivity contribution is 0.179. The summed E-state index contributed by atoms with van der Waals surface area (Å²) in [6.07, 6.45) is 39.0. The number of fused-ring (bicyclic) bond motifs is 9. The Bertz CT molecular complexity index is 3410. The predicted molar refractivity (Wildman–Crippen MR) is 389 cm³/mol. The van der Waals surface area contributed by atoms with Gasteiger partial charge in [0.25, 0.3) is 0 Å². The highest BCUT2D eigenvalue weighted by molar-refractivity contribution is 5.91. The van der Waals surface area contributed by atoms with Gasteiger partial charge in [-0.1, -0.05) is 286 Å². The number of benzene rings is 7. The number of unbranched alkanes of at least 4 members (excludes halogenated alkanes) is 18. The molecule has 0 radical (unpaired) electrons. The molecule has 0 amide bonds. The first-order valence-corrected chi connectivity index (χ1v) is 36.7. The van der Waals surface area contributed by atoms with Crippen LogP contribution in [-0.2, 0) is 21.0 Å². The van der Waals surface area contributed by atoms with Crippen molar-refractivity contribution in [2.75, 3.05) is 18.1 Å². The quantitative estimate of drug-likeness (QED) is 0.0283. The van der Waals surface area contributed by atoms with Crippen LogP contribution in [-0.4, -0.2) is 13.2 Å². The van der Waals surface area contributed by atoms with Crippen molar-refractivity contribution >= 4 is 17.1 Å². The molecular weight excluding hydrogens is 1090 g/mol. The second-order valence-corrected chi connectivity index (χ2v) is 27.9. The molecule has 3 aliphatic rings. The fourth-order valence-corrected chi connectivity index (χ4v) is 16.9. The summed E-state index contributed by atoms with van der Waals surface area (Å²) in [5.74, 6) is 0.843. The summed E-state index contributed by atoms with van der Waals surface area (Å²) in [6, 6.07) is 54.4. The second kappa shape index (κ2) is 31.8. The van der Waals surface area contributed by atoms with Crippen LogP contribution in [0.2, 0.25) is 0 Å². The molecule has 7 aromatic carbocycles. The lowest BCUT2D eigenvalue weighted by atomic mass is 9.69. The van der Waals surface area contributed by atoms with Crippen LogP contribution < -0.4 is 9.64 Å². The average Bonchev–Trinajstić information content (AvgIpc) is 1.58. The number of hydrogen-bond acceptors (Lipinski definition) is 3. The van der Waals surface area contributed by atoms with Gasteiger partial charge in [-0.05, 0) is 191 Å². The van der Waals surface area contributed by atoms with E-state index in [1.165, 1.54) is 264 Å².